The van der Waals surface area contributed by atoms with Crippen LogP contribution in [0.2, 0.25) is 0 Å². The number of benzene rings is 1. The molecule has 28 heavy (non-hydrogen) atoms. The molecule has 9 heteroatoms. The third kappa shape index (κ3) is 6.27. The Morgan fingerprint density at radius 2 is 1.89 bits per heavy atom. The normalized spacial score (nSPS) is 10.4. The van der Waals surface area contributed by atoms with E-state index in [-0.39, 0.29) is 24.2 Å². The molecule has 2 aromatic rings. The fourth-order valence-corrected chi connectivity index (χ4v) is 2.50. The van der Waals surface area contributed by atoms with E-state index in [9.17, 15) is 9.59 Å². The van der Waals surface area contributed by atoms with E-state index >= 15 is 0 Å². The highest BCUT2D eigenvalue weighted by Gasteiger charge is 2.20. The van der Waals surface area contributed by atoms with Crippen LogP contribution in [0.5, 0.6) is 11.5 Å². The second-order valence-corrected chi connectivity index (χ2v) is 5.81. The summed E-state index contributed by atoms with van der Waals surface area (Å²) in [6, 6.07) is 6.41. The van der Waals surface area contributed by atoms with Gasteiger partial charge in [-0.25, -0.2) is 0 Å². The lowest BCUT2D eigenvalue weighted by Gasteiger charge is -2.22. The Hall–Kier alpha value is -3.07. The summed E-state index contributed by atoms with van der Waals surface area (Å²) in [6.07, 6.45) is 1.95. The first-order chi connectivity index (χ1) is 13.6. The van der Waals surface area contributed by atoms with Crippen LogP contribution < -0.4 is 14.8 Å². The molecule has 1 heterocycles. The third-order valence-corrected chi connectivity index (χ3v) is 3.85. The fraction of sp³-hybridized carbons (Fsp3) is 0.421. The molecule has 2 amide bonds. The molecule has 0 saturated heterocycles. The minimum Gasteiger partial charge on any atom is -0.497 e. The molecule has 152 valence electrons. The Morgan fingerprint density at radius 1 is 1.18 bits per heavy atom. The summed E-state index contributed by atoms with van der Waals surface area (Å²) in [6.45, 7) is 3.19. The summed E-state index contributed by atoms with van der Waals surface area (Å²) in [5.74, 6) is 0.570. The van der Waals surface area contributed by atoms with Crippen molar-refractivity contribution in [1.29, 1.82) is 0 Å². The average Bonchev–Trinajstić information content (AvgIpc) is 3.22. The molecule has 0 unspecified atom stereocenters. The first-order valence-corrected chi connectivity index (χ1v) is 8.87. The van der Waals surface area contributed by atoms with Crippen molar-refractivity contribution in [3.05, 3.63) is 36.1 Å². The number of carbonyl (C=O) groups is 2. The summed E-state index contributed by atoms with van der Waals surface area (Å²) >= 11 is 0. The maximum absolute atomic E-state index is 13.0. The predicted octanol–water partition coefficient (Wildman–Crippen LogP) is 2.20. The fourth-order valence-electron chi connectivity index (χ4n) is 2.50. The standard InChI is InChI=1S/C19H25N3O6/c1-4-27-8-5-7-22(13-18(23)20-17-6-9-28-21-17)19(24)14-10-15(25-2)12-16(11-14)26-3/h6,9-12H,4-5,7-8,13H2,1-3H3,(H,20,21,23). The zero-order valence-electron chi connectivity index (χ0n) is 16.3. The van der Waals surface area contributed by atoms with Gasteiger partial charge in [0, 0.05) is 37.5 Å². The molecule has 0 radical (unpaired) electrons. The molecule has 1 N–H and O–H groups in total. The monoisotopic (exact) mass is 391 g/mol. The van der Waals surface area contributed by atoms with Crippen molar-refractivity contribution in [3.63, 3.8) is 0 Å². The molecular formula is C19H25N3O6. The van der Waals surface area contributed by atoms with Gasteiger partial charge in [0.05, 0.1) is 14.2 Å². The molecule has 0 aliphatic carbocycles. The van der Waals surface area contributed by atoms with E-state index < -0.39 is 0 Å². The molecule has 0 atom stereocenters. The van der Waals surface area contributed by atoms with Gasteiger partial charge in [-0.1, -0.05) is 5.16 Å². The molecular weight excluding hydrogens is 366 g/mol. The number of aromatic nitrogens is 1. The van der Waals surface area contributed by atoms with Crippen LogP contribution in [-0.2, 0) is 9.53 Å². The van der Waals surface area contributed by atoms with Crippen LogP contribution in [0, 0.1) is 0 Å². The van der Waals surface area contributed by atoms with Crippen LogP contribution in [0.25, 0.3) is 0 Å². The number of hydrogen-bond acceptors (Lipinski definition) is 7. The molecule has 1 aromatic heterocycles. The topological polar surface area (TPSA) is 103 Å². The van der Waals surface area contributed by atoms with Crippen LogP contribution in [-0.4, -0.2) is 62.4 Å². The van der Waals surface area contributed by atoms with Crippen LogP contribution in [0.1, 0.15) is 23.7 Å². The number of nitrogens with zero attached hydrogens (tertiary/aromatic N) is 2. The van der Waals surface area contributed by atoms with Gasteiger partial charge in [0.15, 0.2) is 5.82 Å². The lowest BCUT2D eigenvalue weighted by atomic mass is 10.1. The molecule has 0 fully saturated rings. The highest BCUT2D eigenvalue weighted by molar-refractivity contribution is 5.99. The summed E-state index contributed by atoms with van der Waals surface area (Å²) in [5, 5.41) is 6.22. The van der Waals surface area contributed by atoms with Crippen molar-refractivity contribution in [2.75, 3.05) is 45.8 Å². The van der Waals surface area contributed by atoms with Gasteiger partial charge in [-0.3, -0.25) is 9.59 Å². The average molecular weight is 391 g/mol. The van der Waals surface area contributed by atoms with E-state index in [2.05, 4.69) is 10.5 Å². The minimum atomic E-state index is -0.381. The molecule has 0 aliphatic heterocycles. The van der Waals surface area contributed by atoms with Crippen molar-refractivity contribution in [3.8, 4) is 11.5 Å². The van der Waals surface area contributed by atoms with E-state index in [4.69, 9.17) is 18.7 Å². The largest absolute Gasteiger partial charge is 0.497 e. The zero-order valence-corrected chi connectivity index (χ0v) is 16.3. The van der Waals surface area contributed by atoms with Gasteiger partial charge >= 0.3 is 0 Å². The summed E-state index contributed by atoms with van der Waals surface area (Å²) in [7, 11) is 3.02. The Bertz CT molecular complexity index is 741. The van der Waals surface area contributed by atoms with Crippen molar-refractivity contribution in [2.24, 2.45) is 0 Å². The quantitative estimate of drug-likeness (QED) is 0.586. The van der Waals surface area contributed by atoms with Crippen molar-refractivity contribution >= 4 is 17.6 Å². The van der Waals surface area contributed by atoms with E-state index in [0.717, 1.165) is 0 Å². The van der Waals surface area contributed by atoms with Gasteiger partial charge in [-0.05, 0) is 25.5 Å². The number of nitrogens with one attached hydrogen (secondary N) is 1. The number of anilines is 1. The Kier molecular flexibility index (Phi) is 8.29. The number of rotatable bonds is 11. The van der Waals surface area contributed by atoms with Crippen molar-refractivity contribution in [1.82, 2.24) is 10.1 Å². The van der Waals surface area contributed by atoms with E-state index in [1.54, 1.807) is 18.2 Å². The third-order valence-electron chi connectivity index (χ3n) is 3.85. The number of hydrogen-bond donors (Lipinski definition) is 1. The van der Waals surface area contributed by atoms with Gasteiger partial charge in [-0.15, -0.1) is 0 Å². The summed E-state index contributed by atoms with van der Waals surface area (Å²) < 4.78 is 20.5. The van der Waals surface area contributed by atoms with Gasteiger partial charge in [0.1, 0.15) is 24.3 Å². The van der Waals surface area contributed by atoms with Crippen molar-refractivity contribution in [2.45, 2.75) is 13.3 Å². The van der Waals surface area contributed by atoms with E-state index in [0.29, 0.717) is 43.2 Å². The smallest absolute Gasteiger partial charge is 0.254 e. The number of methoxy groups -OCH3 is 2. The zero-order chi connectivity index (χ0) is 20.4. The molecule has 9 nitrogen and oxygen atoms in total. The van der Waals surface area contributed by atoms with Crippen LogP contribution in [0.3, 0.4) is 0 Å². The Labute approximate surface area is 163 Å². The van der Waals surface area contributed by atoms with E-state index in [1.807, 2.05) is 6.92 Å². The summed E-state index contributed by atoms with van der Waals surface area (Å²) in [5.41, 5.74) is 0.363. The molecule has 0 aliphatic rings. The highest BCUT2D eigenvalue weighted by atomic mass is 16.5. The van der Waals surface area contributed by atoms with Gasteiger partial charge in [-0.2, -0.15) is 0 Å². The van der Waals surface area contributed by atoms with Gasteiger partial charge < -0.3 is 29.0 Å². The number of ether oxygens (including phenoxy) is 3. The Balaban J connectivity index is 2.14. The maximum atomic E-state index is 13.0. The molecule has 0 saturated carbocycles. The van der Waals surface area contributed by atoms with Gasteiger partial charge in [0.25, 0.3) is 5.91 Å². The maximum Gasteiger partial charge on any atom is 0.254 e. The first kappa shape index (κ1) is 21.2. The van der Waals surface area contributed by atoms with Crippen LogP contribution in [0.15, 0.2) is 35.1 Å². The second kappa shape index (κ2) is 10.9. The number of carbonyl (C=O) groups excluding carboxylic acids is 2. The Morgan fingerprint density at radius 3 is 2.46 bits per heavy atom. The summed E-state index contributed by atoms with van der Waals surface area (Å²) in [4.78, 5) is 26.8. The predicted molar refractivity (Wildman–Crippen MR) is 102 cm³/mol. The van der Waals surface area contributed by atoms with Crippen LogP contribution >= 0.6 is 0 Å². The van der Waals surface area contributed by atoms with E-state index in [1.165, 1.54) is 31.4 Å². The van der Waals surface area contributed by atoms with Gasteiger partial charge in [0.2, 0.25) is 5.91 Å². The van der Waals surface area contributed by atoms with Crippen LogP contribution in [0.4, 0.5) is 5.82 Å². The highest BCUT2D eigenvalue weighted by Crippen LogP contribution is 2.23. The molecule has 2 rings (SSSR count). The molecule has 1 aromatic carbocycles. The molecule has 0 bridgehead atoms. The SMILES string of the molecule is CCOCCCN(CC(=O)Nc1ccon1)C(=O)c1cc(OC)cc(OC)c1. The lowest BCUT2D eigenvalue weighted by molar-refractivity contribution is -0.117. The number of amides is 2. The second-order valence-electron chi connectivity index (χ2n) is 5.81. The lowest BCUT2D eigenvalue weighted by Crippen LogP contribution is -2.39. The van der Waals surface area contributed by atoms with Crippen molar-refractivity contribution < 1.29 is 28.3 Å². The molecule has 0 spiro atoms. The first-order valence-electron chi connectivity index (χ1n) is 8.87. The minimum absolute atomic E-state index is 0.142.